The molecule has 1 aliphatic heterocycles. The van der Waals surface area contributed by atoms with Crippen molar-refractivity contribution in [2.45, 2.75) is 6.10 Å². The van der Waals surface area contributed by atoms with E-state index in [1.54, 1.807) is 6.07 Å². The predicted molar refractivity (Wildman–Crippen MR) is 38.6 cm³/mol. The van der Waals surface area contributed by atoms with E-state index in [0.29, 0.717) is 12.4 Å². The van der Waals surface area contributed by atoms with Gasteiger partial charge in [0.05, 0.1) is 0 Å². The molecule has 0 aromatic heterocycles. The predicted octanol–water partition coefficient (Wildman–Crippen LogP) is 0.818. The van der Waals surface area contributed by atoms with Gasteiger partial charge in [0.2, 0.25) is 0 Å². The molecule has 1 aromatic carbocycles. The molecule has 0 amide bonds. The molecule has 2 N–H and O–H groups in total. The van der Waals surface area contributed by atoms with Gasteiger partial charge in [0.15, 0.2) is 0 Å². The minimum absolute atomic E-state index is 0.165. The lowest BCUT2D eigenvalue weighted by atomic mass is 10.1. The first-order chi connectivity index (χ1) is 5.27. The Morgan fingerprint density at radius 1 is 1.45 bits per heavy atom. The monoisotopic (exact) mass is 152 g/mol. The molecule has 0 saturated carbocycles. The van der Waals surface area contributed by atoms with Gasteiger partial charge in [-0.3, -0.25) is 0 Å². The Labute approximate surface area is 63.9 Å². The van der Waals surface area contributed by atoms with Crippen molar-refractivity contribution in [1.82, 2.24) is 0 Å². The SMILES string of the molecule is Oc1ccc2c(c1)OC[C@H]2O. The van der Waals surface area contributed by atoms with Crippen LogP contribution in [-0.4, -0.2) is 16.8 Å². The van der Waals surface area contributed by atoms with Crippen LogP contribution in [0.2, 0.25) is 0 Å². The molecule has 0 saturated heterocycles. The van der Waals surface area contributed by atoms with Crippen LogP contribution in [0.15, 0.2) is 18.2 Å². The van der Waals surface area contributed by atoms with Crippen LogP contribution in [-0.2, 0) is 0 Å². The zero-order valence-electron chi connectivity index (χ0n) is 5.82. The highest BCUT2D eigenvalue weighted by molar-refractivity contribution is 5.43. The third-order valence-corrected chi connectivity index (χ3v) is 1.75. The molecule has 0 aliphatic carbocycles. The third-order valence-electron chi connectivity index (χ3n) is 1.75. The standard InChI is InChI=1S/C8H8O3/c9-5-1-2-6-7(10)4-11-8(6)3-5/h1-3,7,9-10H,4H2/t7-/m1/s1. The molecule has 0 fully saturated rings. The lowest BCUT2D eigenvalue weighted by Gasteiger charge is -1.98. The zero-order chi connectivity index (χ0) is 7.84. The third kappa shape index (κ3) is 0.935. The van der Waals surface area contributed by atoms with Crippen molar-refractivity contribution in [3.05, 3.63) is 23.8 Å². The van der Waals surface area contributed by atoms with E-state index in [2.05, 4.69) is 0 Å². The molecule has 0 spiro atoms. The molecule has 1 atom stereocenters. The van der Waals surface area contributed by atoms with Crippen LogP contribution in [0.3, 0.4) is 0 Å². The summed E-state index contributed by atoms with van der Waals surface area (Å²) >= 11 is 0. The minimum Gasteiger partial charge on any atom is -0.508 e. The number of aliphatic hydroxyl groups is 1. The van der Waals surface area contributed by atoms with Crippen LogP contribution in [0.5, 0.6) is 11.5 Å². The first-order valence-electron chi connectivity index (χ1n) is 3.41. The summed E-state index contributed by atoms with van der Waals surface area (Å²) < 4.78 is 5.08. The maximum atomic E-state index is 9.27. The van der Waals surface area contributed by atoms with E-state index in [-0.39, 0.29) is 5.75 Å². The van der Waals surface area contributed by atoms with Gasteiger partial charge in [0, 0.05) is 11.6 Å². The smallest absolute Gasteiger partial charge is 0.129 e. The van der Waals surface area contributed by atoms with Crippen molar-refractivity contribution in [2.24, 2.45) is 0 Å². The average Bonchev–Trinajstić information content (AvgIpc) is 2.32. The van der Waals surface area contributed by atoms with Crippen LogP contribution >= 0.6 is 0 Å². The second-order valence-electron chi connectivity index (χ2n) is 2.55. The molecular weight excluding hydrogens is 144 g/mol. The number of ether oxygens (including phenoxy) is 1. The summed E-state index contributed by atoms with van der Waals surface area (Å²) in [5.41, 5.74) is 0.753. The van der Waals surface area contributed by atoms with E-state index < -0.39 is 6.10 Å². The maximum Gasteiger partial charge on any atom is 0.129 e. The van der Waals surface area contributed by atoms with Crippen LogP contribution in [0.25, 0.3) is 0 Å². The van der Waals surface area contributed by atoms with E-state index in [9.17, 15) is 5.11 Å². The summed E-state index contributed by atoms with van der Waals surface area (Å²) in [5.74, 6) is 0.746. The minimum atomic E-state index is -0.536. The molecule has 11 heavy (non-hydrogen) atoms. The lowest BCUT2D eigenvalue weighted by molar-refractivity contribution is 0.140. The van der Waals surface area contributed by atoms with E-state index in [0.717, 1.165) is 5.56 Å². The molecular formula is C8H8O3. The summed E-state index contributed by atoms with van der Waals surface area (Å²) in [4.78, 5) is 0. The summed E-state index contributed by atoms with van der Waals surface area (Å²) in [5, 5.41) is 18.3. The van der Waals surface area contributed by atoms with Gasteiger partial charge in [-0.2, -0.15) is 0 Å². The topological polar surface area (TPSA) is 49.7 Å². The fourth-order valence-corrected chi connectivity index (χ4v) is 1.18. The first-order valence-corrected chi connectivity index (χ1v) is 3.41. The zero-order valence-corrected chi connectivity index (χ0v) is 5.82. The van der Waals surface area contributed by atoms with Crippen molar-refractivity contribution in [3.63, 3.8) is 0 Å². The Balaban J connectivity index is 2.50. The van der Waals surface area contributed by atoms with Crippen LogP contribution in [0.4, 0.5) is 0 Å². The second-order valence-corrected chi connectivity index (χ2v) is 2.55. The fraction of sp³-hybridized carbons (Fsp3) is 0.250. The summed E-state index contributed by atoms with van der Waals surface area (Å²) in [6, 6.07) is 4.71. The van der Waals surface area contributed by atoms with Crippen molar-refractivity contribution in [3.8, 4) is 11.5 Å². The number of hydrogen-bond acceptors (Lipinski definition) is 3. The van der Waals surface area contributed by atoms with Crippen LogP contribution in [0, 0.1) is 0 Å². The molecule has 2 rings (SSSR count). The number of phenols is 1. The van der Waals surface area contributed by atoms with Gasteiger partial charge >= 0.3 is 0 Å². The number of hydrogen-bond donors (Lipinski definition) is 2. The molecule has 58 valence electrons. The van der Waals surface area contributed by atoms with E-state index in [1.165, 1.54) is 12.1 Å². The van der Waals surface area contributed by atoms with Gasteiger partial charge in [0.25, 0.3) is 0 Å². The summed E-state index contributed by atoms with van der Waals surface area (Å²) in [6.45, 7) is 0.290. The largest absolute Gasteiger partial charge is 0.508 e. The highest BCUT2D eigenvalue weighted by atomic mass is 16.5. The van der Waals surface area contributed by atoms with E-state index >= 15 is 0 Å². The van der Waals surface area contributed by atoms with Gasteiger partial charge in [-0.15, -0.1) is 0 Å². The Bertz CT molecular complexity index is 283. The summed E-state index contributed by atoms with van der Waals surface area (Å²) in [7, 11) is 0. The molecule has 3 heteroatoms. The number of aliphatic hydroxyl groups excluding tert-OH is 1. The van der Waals surface area contributed by atoms with Crippen LogP contribution in [0.1, 0.15) is 11.7 Å². The van der Waals surface area contributed by atoms with E-state index in [1.807, 2.05) is 0 Å². The molecule has 1 heterocycles. The molecule has 1 aromatic rings. The fourth-order valence-electron chi connectivity index (χ4n) is 1.18. The number of aromatic hydroxyl groups is 1. The van der Waals surface area contributed by atoms with Crippen molar-refractivity contribution >= 4 is 0 Å². The molecule has 0 bridgehead atoms. The quantitative estimate of drug-likeness (QED) is 0.578. The number of fused-ring (bicyclic) bond motifs is 1. The molecule has 0 radical (unpaired) electrons. The number of rotatable bonds is 0. The first kappa shape index (κ1) is 6.49. The van der Waals surface area contributed by atoms with Gasteiger partial charge in [-0.25, -0.2) is 0 Å². The lowest BCUT2D eigenvalue weighted by Crippen LogP contribution is -1.97. The Hall–Kier alpha value is -1.22. The van der Waals surface area contributed by atoms with Gasteiger partial charge in [-0.05, 0) is 12.1 Å². The van der Waals surface area contributed by atoms with Gasteiger partial charge in [-0.1, -0.05) is 0 Å². The number of benzene rings is 1. The highest BCUT2D eigenvalue weighted by Crippen LogP contribution is 2.34. The maximum absolute atomic E-state index is 9.27. The Kier molecular flexibility index (Phi) is 1.26. The van der Waals surface area contributed by atoms with Crippen LogP contribution < -0.4 is 4.74 Å². The normalized spacial score (nSPS) is 21.0. The molecule has 1 aliphatic rings. The highest BCUT2D eigenvalue weighted by Gasteiger charge is 2.21. The molecule has 0 unspecified atom stereocenters. The molecule has 3 nitrogen and oxygen atoms in total. The Morgan fingerprint density at radius 2 is 2.27 bits per heavy atom. The van der Waals surface area contributed by atoms with Gasteiger partial charge in [0.1, 0.15) is 24.2 Å². The van der Waals surface area contributed by atoms with Crippen molar-refractivity contribution in [1.29, 1.82) is 0 Å². The Morgan fingerprint density at radius 3 is 3.09 bits per heavy atom. The number of phenolic OH excluding ortho intramolecular Hbond substituents is 1. The second kappa shape index (κ2) is 2.13. The van der Waals surface area contributed by atoms with Gasteiger partial charge < -0.3 is 14.9 Å². The van der Waals surface area contributed by atoms with E-state index in [4.69, 9.17) is 9.84 Å². The summed E-state index contributed by atoms with van der Waals surface area (Å²) in [6.07, 6.45) is -0.536. The van der Waals surface area contributed by atoms with Crippen molar-refractivity contribution in [2.75, 3.05) is 6.61 Å². The van der Waals surface area contributed by atoms with Crippen molar-refractivity contribution < 1.29 is 14.9 Å². The average molecular weight is 152 g/mol.